The lowest BCUT2D eigenvalue weighted by Gasteiger charge is -2.34. The summed E-state index contributed by atoms with van der Waals surface area (Å²) in [6, 6.07) is 0. The van der Waals surface area contributed by atoms with Gasteiger partial charge in [-0.15, -0.1) is 0 Å². The zero-order valence-electron chi connectivity index (χ0n) is 10.6. The maximum atomic E-state index is 10.7. The minimum absolute atomic E-state index is 0.550. The third-order valence-electron chi connectivity index (χ3n) is 4.39. The molecule has 0 spiro atoms. The van der Waals surface area contributed by atoms with Crippen LogP contribution in [-0.2, 0) is 4.79 Å². The van der Waals surface area contributed by atoms with Crippen molar-refractivity contribution >= 4 is 6.29 Å². The van der Waals surface area contributed by atoms with E-state index in [4.69, 9.17) is 0 Å². The van der Waals surface area contributed by atoms with Crippen molar-refractivity contribution in [1.82, 2.24) is 0 Å². The minimum atomic E-state index is 0.550. The zero-order valence-corrected chi connectivity index (χ0v) is 10.6. The normalized spacial score (nSPS) is 35.2. The summed E-state index contributed by atoms with van der Waals surface area (Å²) in [6.45, 7) is 6.59. The fraction of sp³-hybridized carbons (Fsp3) is 0.667. The minimum Gasteiger partial charge on any atom is -0.298 e. The number of rotatable bonds is 2. The van der Waals surface area contributed by atoms with Crippen molar-refractivity contribution < 1.29 is 4.79 Å². The van der Waals surface area contributed by atoms with Gasteiger partial charge < -0.3 is 0 Å². The molecule has 3 atom stereocenters. The third kappa shape index (κ3) is 2.00. The Morgan fingerprint density at radius 3 is 2.75 bits per heavy atom. The van der Waals surface area contributed by atoms with Crippen molar-refractivity contribution in [3.05, 3.63) is 22.8 Å². The maximum Gasteiger partial charge on any atom is 0.145 e. The van der Waals surface area contributed by atoms with E-state index < -0.39 is 0 Å². The Balaban J connectivity index is 2.27. The molecule has 0 radical (unpaired) electrons. The van der Waals surface area contributed by atoms with Gasteiger partial charge in [0.05, 0.1) is 0 Å². The fourth-order valence-corrected chi connectivity index (χ4v) is 3.50. The van der Waals surface area contributed by atoms with Crippen LogP contribution >= 0.6 is 0 Å². The molecule has 0 aromatic rings. The predicted molar refractivity (Wildman–Crippen MR) is 67.1 cm³/mol. The van der Waals surface area contributed by atoms with Crippen LogP contribution in [0.5, 0.6) is 0 Å². The van der Waals surface area contributed by atoms with E-state index in [0.29, 0.717) is 5.92 Å². The van der Waals surface area contributed by atoms with Gasteiger partial charge in [-0.2, -0.15) is 0 Å². The summed E-state index contributed by atoms with van der Waals surface area (Å²) in [6.07, 6.45) is 8.33. The Hall–Kier alpha value is -0.850. The van der Waals surface area contributed by atoms with Crippen LogP contribution in [0.15, 0.2) is 22.8 Å². The van der Waals surface area contributed by atoms with Crippen LogP contribution in [0.2, 0.25) is 0 Å². The third-order valence-corrected chi connectivity index (χ3v) is 4.39. The summed E-state index contributed by atoms with van der Waals surface area (Å²) >= 11 is 0. The van der Waals surface area contributed by atoms with Crippen molar-refractivity contribution in [2.75, 3.05) is 0 Å². The molecule has 2 aliphatic carbocycles. The Kier molecular flexibility index (Phi) is 3.32. The van der Waals surface area contributed by atoms with E-state index >= 15 is 0 Å². The van der Waals surface area contributed by atoms with Gasteiger partial charge in [0.25, 0.3) is 0 Å². The topological polar surface area (TPSA) is 17.1 Å². The van der Waals surface area contributed by atoms with E-state index in [0.717, 1.165) is 23.7 Å². The average molecular weight is 218 g/mol. The molecule has 0 heterocycles. The zero-order chi connectivity index (χ0) is 11.7. The Labute approximate surface area is 98.6 Å². The van der Waals surface area contributed by atoms with E-state index in [1.807, 2.05) is 6.92 Å². The molecule has 1 heteroatoms. The van der Waals surface area contributed by atoms with Gasteiger partial charge in [-0.3, -0.25) is 4.79 Å². The van der Waals surface area contributed by atoms with Gasteiger partial charge in [-0.25, -0.2) is 0 Å². The first-order chi connectivity index (χ1) is 7.63. The van der Waals surface area contributed by atoms with Crippen LogP contribution < -0.4 is 0 Å². The highest BCUT2D eigenvalue weighted by atomic mass is 16.1. The number of fused-ring (bicyclic) bond motifs is 1. The van der Waals surface area contributed by atoms with Crippen LogP contribution in [0.25, 0.3) is 0 Å². The first kappa shape index (κ1) is 11.6. The molecule has 1 nitrogen and oxygen atoms in total. The van der Waals surface area contributed by atoms with Crippen molar-refractivity contribution in [3.8, 4) is 0 Å². The summed E-state index contributed by atoms with van der Waals surface area (Å²) in [5.41, 5.74) is 4.15. The second-order valence-corrected chi connectivity index (χ2v) is 5.57. The summed E-state index contributed by atoms with van der Waals surface area (Å²) in [5.74, 6) is 2.19. The number of aldehydes is 1. The van der Waals surface area contributed by atoms with E-state index in [1.54, 1.807) is 11.1 Å². The first-order valence-electron chi connectivity index (χ1n) is 6.46. The monoisotopic (exact) mass is 218 g/mol. The first-order valence-corrected chi connectivity index (χ1v) is 6.46. The van der Waals surface area contributed by atoms with Crippen LogP contribution in [0.3, 0.4) is 0 Å². The fourth-order valence-electron chi connectivity index (χ4n) is 3.50. The molecule has 0 aromatic heterocycles. The Morgan fingerprint density at radius 1 is 1.31 bits per heavy atom. The lowest BCUT2D eigenvalue weighted by atomic mass is 9.71. The van der Waals surface area contributed by atoms with Gasteiger partial charge in [0.2, 0.25) is 0 Å². The number of allylic oxidation sites excluding steroid dienone is 4. The number of hydrogen-bond acceptors (Lipinski definition) is 1. The SMILES string of the molecule is CC1=C2C(CC1)C(C)CC[C@H]2/C=C(\C)C=O. The molecule has 2 aliphatic rings. The molecule has 0 bridgehead atoms. The summed E-state index contributed by atoms with van der Waals surface area (Å²) in [4.78, 5) is 10.7. The van der Waals surface area contributed by atoms with Crippen LogP contribution in [0.4, 0.5) is 0 Å². The highest BCUT2D eigenvalue weighted by Gasteiger charge is 2.35. The molecule has 88 valence electrons. The molecule has 16 heavy (non-hydrogen) atoms. The second kappa shape index (κ2) is 4.57. The van der Waals surface area contributed by atoms with Crippen molar-refractivity contribution in [2.45, 2.75) is 46.5 Å². The number of carbonyl (C=O) groups is 1. The maximum absolute atomic E-state index is 10.7. The van der Waals surface area contributed by atoms with Gasteiger partial charge >= 0.3 is 0 Å². The summed E-state index contributed by atoms with van der Waals surface area (Å²) in [5, 5.41) is 0. The highest BCUT2D eigenvalue weighted by Crippen LogP contribution is 2.48. The summed E-state index contributed by atoms with van der Waals surface area (Å²) in [7, 11) is 0. The number of carbonyl (C=O) groups excluding carboxylic acids is 1. The summed E-state index contributed by atoms with van der Waals surface area (Å²) < 4.78 is 0. The van der Waals surface area contributed by atoms with E-state index in [2.05, 4.69) is 19.9 Å². The van der Waals surface area contributed by atoms with E-state index in [-0.39, 0.29) is 0 Å². The molecule has 0 aromatic carbocycles. The molecule has 1 fully saturated rings. The van der Waals surface area contributed by atoms with Gasteiger partial charge in [0, 0.05) is 0 Å². The molecule has 0 aliphatic heterocycles. The Morgan fingerprint density at radius 2 is 2.06 bits per heavy atom. The molecule has 0 N–H and O–H groups in total. The van der Waals surface area contributed by atoms with Crippen LogP contribution in [0.1, 0.15) is 46.5 Å². The largest absolute Gasteiger partial charge is 0.298 e. The van der Waals surface area contributed by atoms with Gasteiger partial charge in [0.15, 0.2) is 0 Å². The molecular weight excluding hydrogens is 196 g/mol. The van der Waals surface area contributed by atoms with Gasteiger partial charge in [-0.05, 0) is 62.9 Å². The van der Waals surface area contributed by atoms with Gasteiger partial charge in [0.1, 0.15) is 6.29 Å². The molecule has 0 amide bonds. The smallest absolute Gasteiger partial charge is 0.145 e. The second-order valence-electron chi connectivity index (χ2n) is 5.57. The number of hydrogen-bond donors (Lipinski definition) is 0. The van der Waals surface area contributed by atoms with Gasteiger partial charge in [-0.1, -0.05) is 24.1 Å². The lowest BCUT2D eigenvalue weighted by Crippen LogP contribution is -2.23. The van der Waals surface area contributed by atoms with Crippen molar-refractivity contribution in [1.29, 1.82) is 0 Å². The Bertz CT molecular complexity index is 348. The predicted octanol–water partition coefficient (Wildman–Crippen LogP) is 3.90. The molecule has 0 saturated heterocycles. The van der Waals surface area contributed by atoms with Crippen molar-refractivity contribution in [2.24, 2.45) is 17.8 Å². The average Bonchev–Trinajstić information content (AvgIpc) is 2.66. The lowest BCUT2D eigenvalue weighted by molar-refractivity contribution is -0.104. The van der Waals surface area contributed by atoms with Crippen LogP contribution in [-0.4, -0.2) is 6.29 Å². The van der Waals surface area contributed by atoms with E-state index in [9.17, 15) is 4.79 Å². The highest BCUT2D eigenvalue weighted by molar-refractivity contribution is 5.72. The molecule has 2 unspecified atom stereocenters. The molecule has 2 rings (SSSR count). The quantitative estimate of drug-likeness (QED) is 0.390. The standard InChI is InChI=1S/C15H22O/c1-10(9-16)8-13-6-4-11(2)14-7-5-12(3)15(13)14/h8-9,11,13-14H,4-7H2,1-3H3/b10-8+/t11?,13-,14?/m0/s1. The van der Waals surface area contributed by atoms with Crippen LogP contribution in [0, 0.1) is 17.8 Å². The van der Waals surface area contributed by atoms with E-state index in [1.165, 1.54) is 25.7 Å². The van der Waals surface area contributed by atoms with Crippen molar-refractivity contribution in [3.63, 3.8) is 0 Å². The molecular formula is C15H22O. The molecule has 1 saturated carbocycles.